The number of piperidine rings is 1. The van der Waals surface area contributed by atoms with Gasteiger partial charge in [-0.3, -0.25) is 4.98 Å². The maximum atomic E-state index is 5.93. The zero-order chi connectivity index (χ0) is 16.9. The monoisotopic (exact) mass is 342 g/mol. The van der Waals surface area contributed by atoms with E-state index in [0.29, 0.717) is 5.92 Å². The van der Waals surface area contributed by atoms with E-state index >= 15 is 0 Å². The van der Waals surface area contributed by atoms with E-state index in [1.54, 1.807) is 0 Å². The number of rotatable bonds is 5. The summed E-state index contributed by atoms with van der Waals surface area (Å²) < 4.78 is 13.7. The van der Waals surface area contributed by atoms with E-state index in [-0.39, 0.29) is 6.23 Å². The number of nitrogens with zero attached hydrogens (tertiary/aromatic N) is 3. The highest BCUT2D eigenvalue weighted by Gasteiger charge is 2.20. The highest BCUT2D eigenvalue weighted by Crippen LogP contribution is 2.28. The van der Waals surface area contributed by atoms with E-state index in [2.05, 4.69) is 15.4 Å². The molecule has 0 saturated carbocycles. The molecule has 6 heteroatoms. The Kier molecular flexibility index (Phi) is 5.28. The molecule has 0 spiro atoms. The molecule has 2 aromatic rings. The number of hydrogen-bond acceptors (Lipinski definition) is 5. The van der Waals surface area contributed by atoms with Crippen molar-refractivity contribution in [1.82, 2.24) is 20.1 Å². The highest BCUT2D eigenvalue weighted by molar-refractivity contribution is 5.54. The van der Waals surface area contributed by atoms with Crippen LogP contribution in [0.1, 0.15) is 38.3 Å². The van der Waals surface area contributed by atoms with Gasteiger partial charge in [0.1, 0.15) is 5.75 Å². The van der Waals surface area contributed by atoms with Crippen LogP contribution in [-0.2, 0) is 4.74 Å². The maximum absolute atomic E-state index is 5.93. The first-order valence-electron chi connectivity index (χ1n) is 9.35. The van der Waals surface area contributed by atoms with E-state index in [0.717, 1.165) is 56.3 Å². The molecule has 6 nitrogen and oxygen atoms in total. The molecule has 2 aliphatic rings. The normalized spacial score (nSPS) is 22.0. The zero-order valence-electron chi connectivity index (χ0n) is 14.6. The summed E-state index contributed by atoms with van der Waals surface area (Å²) >= 11 is 0. The zero-order valence-corrected chi connectivity index (χ0v) is 14.6. The van der Waals surface area contributed by atoms with E-state index in [1.807, 2.05) is 35.3 Å². The Labute approximate surface area is 148 Å². The second kappa shape index (κ2) is 7.97. The molecule has 2 aromatic heterocycles. The first kappa shape index (κ1) is 16.5. The summed E-state index contributed by atoms with van der Waals surface area (Å²) in [6.45, 7) is 3.77. The molecule has 1 unspecified atom stereocenters. The lowest BCUT2D eigenvalue weighted by molar-refractivity contribution is -0.0384. The van der Waals surface area contributed by atoms with Gasteiger partial charge >= 0.3 is 0 Å². The summed E-state index contributed by atoms with van der Waals surface area (Å²) in [7, 11) is 0. The molecule has 2 fully saturated rings. The van der Waals surface area contributed by atoms with Crippen molar-refractivity contribution < 1.29 is 9.47 Å². The van der Waals surface area contributed by atoms with E-state index in [1.165, 1.54) is 19.3 Å². The van der Waals surface area contributed by atoms with Crippen molar-refractivity contribution in [2.45, 2.75) is 38.3 Å². The molecule has 1 N–H and O–H groups in total. The molecule has 0 bridgehead atoms. The Hall–Kier alpha value is -1.92. The molecule has 0 aromatic carbocycles. The lowest BCUT2D eigenvalue weighted by atomic mass is 9.99. The third-order valence-electron chi connectivity index (χ3n) is 5.04. The SMILES string of the molecule is c1cc(-c2ccc(OCC3CCNCC3)cn2)n(C2CCCCO2)n1. The molecule has 2 saturated heterocycles. The molecule has 4 rings (SSSR count). The standard InChI is InChI=1S/C19H26N4O2/c1-2-12-24-19(3-1)23-18(8-11-22-23)17-5-4-16(13-21-17)25-14-15-6-9-20-10-7-15/h4-5,8,11,13,15,19-20H,1-3,6-7,9-10,12,14H2. The minimum atomic E-state index is 0.0244. The van der Waals surface area contributed by atoms with Gasteiger partial charge in [0.2, 0.25) is 0 Å². The fraction of sp³-hybridized carbons (Fsp3) is 0.579. The number of aromatic nitrogens is 3. The van der Waals surface area contributed by atoms with E-state index in [4.69, 9.17) is 9.47 Å². The molecule has 0 amide bonds. The first-order chi connectivity index (χ1) is 12.4. The van der Waals surface area contributed by atoms with Gasteiger partial charge in [0.05, 0.1) is 24.2 Å². The summed E-state index contributed by atoms with van der Waals surface area (Å²) in [5, 5.41) is 7.83. The van der Waals surface area contributed by atoms with Gasteiger partial charge in [0, 0.05) is 12.8 Å². The Morgan fingerprint density at radius 2 is 2.08 bits per heavy atom. The number of pyridine rings is 1. The number of nitrogens with one attached hydrogen (secondary N) is 1. The topological polar surface area (TPSA) is 61.2 Å². The van der Waals surface area contributed by atoms with Crippen LogP contribution in [0.5, 0.6) is 5.75 Å². The molecule has 1 atom stereocenters. The first-order valence-corrected chi connectivity index (χ1v) is 9.35. The molecule has 2 aliphatic heterocycles. The lowest BCUT2D eigenvalue weighted by Gasteiger charge is -2.24. The fourth-order valence-corrected chi connectivity index (χ4v) is 3.54. The minimum Gasteiger partial charge on any atom is -0.492 e. The number of hydrogen-bond donors (Lipinski definition) is 1. The van der Waals surface area contributed by atoms with Gasteiger partial charge in [0.15, 0.2) is 6.23 Å². The molecular formula is C19H26N4O2. The van der Waals surface area contributed by atoms with Crippen molar-refractivity contribution in [2.75, 3.05) is 26.3 Å². The predicted molar refractivity (Wildman–Crippen MR) is 95.4 cm³/mol. The van der Waals surface area contributed by atoms with Crippen LogP contribution in [0.4, 0.5) is 0 Å². The molecule has 0 aliphatic carbocycles. The van der Waals surface area contributed by atoms with Crippen LogP contribution in [-0.4, -0.2) is 41.1 Å². The molecule has 134 valence electrons. The number of ether oxygens (including phenoxy) is 2. The average Bonchev–Trinajstić information content (AvgIpc) is 3.18. The van der Waals surface area contributed by atoms with Crippen molar-refractivity contribution in [1.29, 1.82) is 0 Å². The van der Waals surface area contributed by atoms with Crippen molar-refractivity contribution in [2.24, 2.45) is 5.92 Å². The van der Waals surface area contributed by atoms with Crippen LogP contribution in [0, 0.1) is 5.92 Å². The van der Waals surface area contributed by atoms with Crippen LogP contribution in [0.25, 0.3) is 11.4 Å². The van der Waals surface area contributed by atoms with Gasteiger partial charge in [-0.05, 0) is 69.3 Å². The van der Waals surface area contributed by atoms with Crippen LogP contribution in [0.3, 0.4) is 0 Å². The second-order valence-electron chi connectivity index (χ2n) is 6.87. The third-order valence-corrected chi connectivity index (χ3v) is 5.04. The summed E-state index contributed by atoms with van der Waals surface area (Å²) in [6.07, 6.45) is 9.35. The van der Waals surface area contributed by atoms with Crippen molar-refractivity contribution in [3.8, 4) is 17.1 Å². The molecule has 4 heterocycles. The van der Waals surface area contributed by atoms with Crippen LogP contribution in [0.2, 0.25) is 0 Å². The molecular weight excluding hydrogens is 316 g/mol. The largest absolute Gasteiger partial charge is 0.492 e. The van der Waals surface area contributed by atoms with Gasteiger partial charge in [-0.1, -0.05) is 0 Å². The fourth-order valence-electron chi connectivity index (χ4n) is 3.54. The van der Waals surface area contributed by atoms with Gasteiger partial charge in [0.25, 0.3) is 0 Å². The summed E-state index contributed by atoms with van der Waals surface area (Å²) in [6, 6.07) is 6.01. The van der Waals surface area contributed by atoms with Crippen LogP contribution in [0.15, 0.2) is 30.6 Å². The second-order valence-corrected chi connectivity index (χ2v) is 6.87. The quantitative estimate of drug-likeness (QED) is 0.905. The summed E-state index contributed by atoms with van der Waals surface area (Å²) in [4.78, 5) is 4.59. The Morgan fingerprint density at radius 1 is 1.16 bits per heavy atom. The summed E-state index contributed by atoms with van der Waals surface area (Å²) in [5.74, 6) is 1.48. The minimum absolute atomic E-state index is 0.0244. The van der Waals surface area contributed by atoms with E-state index in [9.17, 15) is 0 Å². The third kappa shape index (κ3) is 4.02. The average molecular weight is 342 g/mol. The Morgan fingerprint density at radius 3 is 2.84 bits per heavy atom. The van der Waals surface area contributed by atoms with Crippen LogP contribution >= 0.6 is 0 Å². The van der Waals surface area contributed by atoms with Gasteiger partial charge in [-0.2, -0.15) is 5.10 Å². The highest BCUT2D eigenvalue weighted by atomic mass is 16.5. The lowest BCUT2D eigenvalue weighted by Crippen LogP contribution is -2.30. The smallest absolute Gasteiger partial charge is 0.150 e. The van der Waals surface area contributed by atoms with Gasteiger partial charge in [-0.25, -0.2) is 4.68 Å². The molecule has 0 radical (unpaired) electrons. The Balaban J connectivity index is 1.41. The van der Waals surface area contributed by atoms with E-state index < -0.39 is 0 Å². The van der Waals surface area contributed by atoms with Crippen molar-refractivity contribution in [3.63, 3.8) is 0 Å². The Bertz CT molecular complexity index is 658. The van der Waals surface area contributed by atoms with Gasteiger partial charge < -0.3 is 14.8 Å². The van der Waals surface area contributed by atoms with Crippen molar-refractivity contribution in [3.05, 3.63) is 30.6 Å². The summed E-state index contributed by atoms with van der Waals surface area (Å²) in [5.41, 5.74) is 1.90. The molecule has 25 heavy (non-hydrogen) atoms. The van der Waals surface area contributed by atoms with Crippen LogP contribution < -0.4 is 10.1 Å². The predicted octanol–water partition coefficient (Wildman–Crippen LogP) is 3.02. The van der Waals surface area contributed by atoms with Crippen molar-refractivity contribution >= 4 is 0 Å². The van der Waals surface area contributed by atoms with Gasteiger partial charge in [-0.15, -0.1) is 0 Å². The maximum Gasteiger partial charge on any atom is 0.150 e.